The summed E-state index contributed by atoms with van der Waals surface area (Å²) in [5, 5.41) is 12.0. The number of fused-ring (bicyclic) bond motifs is 1. The van der Waals surface area contributed by atoms with Gasteiger partial charge in [-0.2, -0.15) is 0 Å². The molecule has 0 saturated carbocycles. The molecule has 48 heavy (non-hydrogen) atoms. The summed E-state index contributed by atoms with van der Waals surface area (Å²) in [6, 6.07) is 16.2. The number of allylic oxidation sites excluding steroid dienone is 2. The van der Waals surface area contributed by atoms with Gasteiger partial charge in [0, 0.05) is 37.0 Å². The Balaban J connectivity index is 1.34. The van der Waals surface area contributed by atoms with Gasteiger partial charge in [0.25, 0.3) is 0 Å². The number of rotatable bonds is 6. The summed E-state index contributed by atoms with van der Waals surface area (Å²) >= 11 is 0. The second-order valence-electron chi connectivity index (χ2n) is 15.3. The summed E-state index contributed by atoms with van der Waals surface area (Å²) in [5.74, 6) is -1.06. The number of carboxylic acid groups (broad SMARTS) is 1. The molecule has 0 spiro atoms. The minimum absolute atomic E-state index is 0.0779. The van der Waals surface area contributed by atoms with Crippen molar-refractivity contribution in [3.8, 4) is 0 Å². The van der Waals surface area contributed by atoms with Crippen LogP contribution < -0.4 is 5.32 Å². The third-order valence-electron chi connectivity index (χ3n) is 10.3. The number of hydrogen-bond acceptors (Lipinski definition) is 5. The van der Waals surface area contributed by atoms with Crippen molar-refractivity contribution in [1.82, 2.24) is 15.1 Å². The summed E-state index contributed by atoms with van der Waals surface area (Å²) in [6.45, 7) is 15.5. The van der Waals surface area contributed by atoms with Gasteiger partial charge in [-0.3, -0.25) is 9.59 Å². The molecule has 2 aliphatic heterocycles. The maximum Gasteiger partial charge on any atom is 0.408 e. The predicted molar refractivity (Wildman–Crippen MR) is 185 cm³/mol. The molecule has 0 radical (unpaired) electrons. The number of carbonyl (C=O) groups excluding carboxylic acids is 3. The first-order chi connectivity index (χ1) is 22.5. The molecule has 3 aliphatic rings. The average Bonchev–Trinajstić information content (AvgIpc) is 3.03. The molecule has 0 aromatic heterocycles. The minimum atomic E-state index is -0.943. The summed E-state index contributed by atoms with van der Waals surface area (Å²) in [7, 11) is 0. The SMILES string of the molecule is C[C@H](NC(=O)OC(C)(C)C)C(=O)N1CCC(C(=O)N2CC=C3C(C)(C)C(c4ccc(C(=O)O)cc4)=CC[C@]3(C)C2)(c2ccccc2)CC1. The lowest BCUT2D eigenvalue weighted by Gasteiger charge is -2.52. The lowest BCUT2D eigenvalue weighted by molar-refractivity contribution is -0.144. The number of benzene rings is 2. The highest BCUT2D eigenvalue weighted by Crippen LogP contribution is 2.55. The molecule has 2 aromatic carbocycles. The molecule has 0 unspecified atom stereocenters. The van der Waals surface area contributed by atoms with Crippen molar-refractivity contribution in [2.45, 2.75) is 84.8 Å². The molecular weight excluding hydrogens is 606 g/mol. The molecule has 5 rings (SSSR count). The molecular formula is C39H49N3O6. The zero-order chi connectivity index (χ0) is 35.1. The van der Waals surface area contributed by atoms with Gasteiger partial charge in [-0.05, 0) is 75.8 Å². The Morgan fingerprint density at radius 1 is 0.896 bits per heavy atom. The van der Waals surface area contributed by atoms with Crippen molar-refractivity contribution in [2.75, 3.05) is 26.2 Å². The number of carboxylic acids is 1. The molecule has 1 fully saturated rings. The lowest BCUT2D eigenvalue weighted by atomic mass is 9.58. The van der Waals surface area contributed by atoms with E-state index in [9.17, 15) is 24.3 Å². The van der Waals surface area contributed by atoms with Gasteiger partial charge in [0.2, 0.25) is 11.8 Å². The van der Waals surface area contributed by atoms with Gasteiger partial charge in [-0.15, -0.1) is 0 Å². The third kappa shape index (κ3) is 6.78. The van der Waals surface area contributed by atoms with Crippen LogP contribution in [0.4, 0.5) is 4.79 Å². The number of likely N-dealkylation sites (tertiary alicyclic amines) is 1. The van der Waals surface area contributed by atoms with E-state index in [0.29, 0.717) is 39.0 Å². The van der Waals surface area contributed by atoms with E-state index in [1.54, 1.807) is 44.7 Å². The molecule has 256 valence electrons. The Hall–Kier alpha value is -4.40. The average molecular weight is 656 g/mol. The standard InChI is InChI=1S/C39H49N3O6/c1-26(40-35(47)48-36(2,3)4)32(43)41-23-20-39(21-24-41,29-11-9-8-10-12-29)34(46)42-22-18-31-37(5,6)30(17-19-38(31,7)25-42)27-13-15-28(16-14-27)33(44)45/h8-18,26H,19-25H2,1-7H3,(H,40,47)(H,44,45)/t26-,38+/m0/s1. The van der Waals surface area contributed by atoms with E-state index in [1.165, 1.54) is 5.57 Å². The second-order valence-corrected chi connectivity index (χ2v) is 15.3. The van der Waals surface area contributed by atoms with Gasteiger partial charge in [-0.1, -0.05) is 81.0 Å². The number of alkyl carbamates (subject to hydrolysis) is 1. The molecule has 2 heterocycles. The largest absolute Gasteiger partial charge is 0.478 e. The van der Waals surface area contributed by atoms with E-state index in [2.05, 4.69) is 38.2 Å². The molecule has 3 amide bonds. The van der Waals surface area contributed by atoms with E-state index in [1.807, 2.05) is 47.4 Å². The zero-order valence-corrected chi connectivity index (χ0v) is 29.3. The van der Waals surface area contributed by atoms with Crippen molar-refractivity contribution in [3.05, 3.63) is 89.0 Å². The predicted octanol–water partition coefficient (Wildman–Crippen LogP) is 6.45. The van der Waals surface area contributed by atoms with Gasteiger partial charge in [-0.25, -0.2) is 9.59 Å². The summed E-state index contributed by atoms with van der Waals surface area (Å²) in [4.78, 5) is 55.6. The monoisotopic (exact) mass is 655 g/mol. The molecule has 9 nitrogen and oxygen atoms in total. The van der Waals surface area contributed by atoms with Crippen LogP contribution >= 0.6 is 0 Å². The maximum absolute atomic E-state index is 14.8. The minimum Gasteiger partial charge on any atom is -0.478 e. The number of nitrogens with one attached hydrogen (secondary N) is 1. The Bertz CT molecular complexity index is 1630. The Morgan fingerprint density at radius 2 is 1.52 bits per heavy atom. The fourth-order valence-corrected chi connectivity index (χ4v) is 7.97. The van der Waals surface area contributed by atoms with Crippen molar-refractivity contribution in [3.63, 3.8) is 0 Å². The van der Waals surface area contributed by atoms with Crippen LogP contribution in [0.25, 0.3) is 5.57 Å². The van der Waals surface area contributed by atoms with E-state index >= 15 is 0 Å². The normalized spacial score (nSPS) is 22.4. The van der Waals surface area contributed by atoms with Gasteiger partial charge in [0.1, 0.15) is 11.6 Å². The molecule has 1 aliphatic carbocycles. The lowest BCUT2D eigenvalue weighted by Crippen LogP contribution is -2.58. The van der Waals surface area contributed by atoms with Gasteiger partial charge < -0.3 is 25.0 Å². The molecule has 2 atom stereocenters. The summed E-state index contributed by atoms with van der Waals surface area (Å²) in [5.41, 5.74) is 2.66. The van der Waals surface area contributed by atoms with E-state index in [4.69, 9.17) is 4.74 Å². The van der Waals surface area contributed by atoms with Gasteiger partial charge >= 0.3 is 12.1 Å². The van der Waals surface area contributed by atoms with E-state index in [-0.39, 0.29) is 28.2 Å². The number of carbonyl (C=O) groups is 4. The van der Waals surface area contributed by atoms with Gasteiger partial charge in [0.15, 0.2) is 0 Å². The quantitative estimate of drug-likeness (QED) is 0.346. The highest BCUT2D eigenvalue weighted by molar-refractivity contribution is 5.91. The molecule has 1 saturated heterocycles. The van der Waals surface area contributed by atoms with Crippen LogP contribution in [-0.4, -0.2) is 76.6 Å². The Kier molecular flexibility index (Phi) is 9.38. The first-order valence-corrected chi connectivity index (χ1v) is 16.9. The first-order valence-electron chi connectivity index (χ1n) is 16.9. The van der Waals surface area contributed by atoms with Crippen molar-refractivity contribution >= 4 is 29.5 Å². The number of ether oxygens (including phenoxy) is 1. The molecule has 2 aromatic rings. The second kappa shape index (κ2) is 12.9. The summed E-state index contributed by atoms with van der Waals surface area (Å²) < 4.78 is 5.34. The van der Waals surface area contributed by atoms with E-state index < -0.39 is 29.1 Å². The number of amides is 3. The fraction of sp³-hybridized carbons (Fsp3) is 0.487. The number of nitrogens with zero attached hydrogens (tertiary/aromatic N) is 2. The number of piperidine rings is 1. The van der Waals surface area contributed by atoms with Crippen LogP contribution in [0.2, 0.25) is 0 Å². The summed E-state index contributed by atoms with van der Waals surface area (Å²) in [6.07, 6.45) is 5.56. The van der Waals surface area contributed by atoms with Crippen molar-refractivity contribution in [2.24, 2.45) is 10.8 Å². The van der Waals surface area contributed by atoms with Crippen LogP contribution in [0.15, 0.2) is 72.3 Å². The van der Waals surface area contributed by atoms with Crippen LogP contribution in [0.1, 0.15) is 89.2 Å². The number of aromatic carboxylic acids is 1. The number of hydrogen-bond donors (Lipinski definition) is 2. The van der Waals surface area contributed by atoms with Crippen molar-refractivity contribution in [1.29, 1.82) is 0 Å². The van der Waals surface area contributed by atoms with Gasteiger partial charge in [0.05, 0.1) is 11.0 Å². The zero-order valence-electron chi connectivity index (χ0n) is 29.3. The Labute approximate surface area is 284 Å². The van der Waals surface area contributed by atoms with Crippen molar-refractivity contribution < 1.29 is 29.0 Å². The van der Waals surface area contributed by atoms with Crippen LogP contribution in [0, 0.1) is 10.8 Å². The maximum atomic E-state index is 14.8. The first kappa shape index (κ1) is 34.9. The fourth-order valence-electron chi connectivity index (χ4n) is 7.97. The topological polar surface area (TPSA) is 116 Å². The molecule has 0 bridgehead atoms. The molecule has 2 N–H and O–H groups in total. The highest BCUT2D eigenvalue weighted by atomic mass is 16.6. The third-order valence-corrected chi connectivity index (χ3v) is 10.3. The smallest absolute Gasteiger partial charge is 0.408 e. The highest BCUT2D eigenvalue weighted by Gasteiger charge is 2.51. The van der Waals surface area contributed by atoms with Crippen LogP contribution in [0.3, 0.4) is 0 Å². The molecule has 9 heteroatoms. The van der Waals surface area contributed by atoms with Crippen LogP contribution in [-0.2, 0) is 19.7 Å². The van der Waals surface area contributed by atoms with Crippen LogP contribution in [0.5, 0.6) is 0 Å². The van der Waals surface area contributed by atoms with E-state index in [0.717, 1.165) is 23.1 Å². The Morgan fingerprint density at radius 3 is 2.10 bits per heavy atom.